The molecule has 0 unspecified atom stereocenters. The lowest BCUT2D eigenvalue weighted by molar-refractivity contribution is 0.584. The molecule has 0 atom stereocenters. The van der Waals surface area contributed by atoms with Gasteiger partial charge in [0.15, 0.2) is 0 Å². The molecular formula is C9H6ClFIN3. The van der Waals surface area contributed by atoms with E-state index in [1.165, 1.54) is 6.07 Å². The molecule has 0 amide bonds. The number of nitrogens with zero attached hydrogens (tertiary/aromatic N) is 3. The zero-order chi connectivity index (χ0) is 10.8. The van der Waals surface area contributed by atoms with Crippen LogP contribution < -0.4 is 0 Å². The third kappa shape index (κ3) is 2.66. The van der Waals surface area contributed by atoms with Crippen LogP contribution in [0.2, 0.25) is 5.02 Å². The molecule has 0 radical (unpaired) electrons. The second kappa shape index (κ2) is 4.44. The minimum absolute atomic E-state index is 0.326. The molecule has 0 fully saturated rings. The van der Waals surface area contributed by atoms with Crippen LogP contribution in [0.4, 0.5) is 4.39 Å². The van der Waals surface area contributed by atoms with Gasteiger partial charge in [-0.2, -0.15) is 0 Å². The average Bonchev–Trinajstić information content (AvgIpc) is 2.56. The molecule has 6 heteroatoms. The zero-order valence-electron chi connectivity index (χ0n) is 7.49. The van der Waals surface area contributed by atoms with Gasteiger partial charge in [-0.05, 0) is 12.1 Å². The molecule has 15 heavy (non-hydrogen) atoms. The van der Waals surface area contributed by atoms with Crippen LogP contribution in [0.15, 0.2) is 24.5 Å². The van der Waals surface area contributed by atoms with Crippen LogP contribution in [-0.2, 0) is 6.54 Å². The first-order valence-electron chi connectivity index (χ1n) is 4.14. The zero-order valence-corrected chi connectivity index (χ0v) is 10.4. The lowest BCUT2D eigenvalue weighted by Gasteiger charge is -2.02. The molecule has 0 bridgehead atoms. The molecule has 1 aromatic carbocycles. The Balaban J connectivity index is 2.24. The van der Waals surface area contributed by atoms with E-state index in [1.807, 2.05) is 22.6 Å². The van der Waals surface area contributed by atoms with Crippen LogP contribution >= 0.6 is 34.2 Å². The smallest absolute Gasteiger partial charge is 0.211 e. The van der Waals surface area contributed by atoms with Crippen LogP contribution in [-0.4, -0.2) is 14.8 Å². The first kappa shape index (κ1) is 10.8. The summed E-state index contributed by atoms with van der Waals surface area (Å²) in [6.45, 7) is 0.360. The fraction of sp³-hybridized carbons (Fsp3) is 0.111. The van der Waals surface area contributed by atoms with Crippen LogP contribution in [0.5, 0.6) is 0 Å². The summed E-state index contributed by atoms with van der Waals surface area (Å²) < 4.78 is 15.6. The summed E-state index contributed by atoms with van der Waals surface area (Å²) in [5.41, 5.74) is 0.542. The van der Waals surface area contributed by atoms with Crippen molar-refractivity contribution in [1.29, 1.82) is 0 Å². The Morgan fingerprint density at radius 3 is 2.87 bits per heavy atom. The van der Waals surface area contributed by atoms with Gasteiger partial charge in [0.2, 0.25) is 3.83 Å². The number of benzene rings is 1. The standard InChI is InChI=1S/C9H6ClFIN3/c10-7-2-1-6(8(11)3-7)4-15-5-13-9(12)14-15/h1-3,5H,4H2. The maximum Gasteiger partial charge on any atom is 0.211 e. The summed E-state index contributed by atoms with van der Waals surface area (Å²) in [6, 6.07) is 4.59. The van der Waals surface area contributed by atoms with Gasteiger partial charge < -0.3 is 0 Å². The Kier molecular flexibility index (Phi) is 3.20. The number of hydrogen-bond donors (Lipinski definition) is 0. The van der Waals surface area contributed by atoms with Gasteiger partial charge in [-0.1, -0.05) is 17.7 Å². The molecule has 2 rings (SSSR count). The van der Waals surface area contributed by atoms with Crippen molar-refractivity contribution in [2.75, 3.05) is 0 Å². The van der Waals surface area contributed by atoms with Gasteiger partial charge in [0, 0.05) is 33.2 Å². The van der Waals surface area contributed by atoms with E-state index >= 15 is 0 Å². The number of hydrogen-bond acceptors (Lipinski definition) is 2. The van der Waals surface area contributed by atoms with E-state index in [-0.39, 0.29) is 5.82 Å². The minimum atomic E-state index is -0.326. The minimum Gasteiger partial charge on any atom is -0.247 e. The van der Waals surface area contributed by atoms with Crippen LogP contribution in [0, 0.1) is 9.65 Å². The summed E-state index contributed by atoms with van der Waals surface area (Å²) in [5.74, 6) is -0.326. The first-order chi connectivity index (χ1) is 7.15. The van der Waals surface area contributed by atoms with Crippen molar-refractivity contribution in [3.63, 3.8) is 0 Å². The summed E-state index contributed by atoms with van der Waals surface area (Å²) in [5, 5.41) is 4.46. The summed E-state index contributed by atoms with van der Waals surface area (Å²) in [7, 11) is 0. The molecule has 0 aliphatic rings. The Bertz CT molecular complexity index is 486. The van der Waals surface area contributed by atoms with E-state index in [2.05, 4.69) is 10.1 Å². The Morgan fingerprint density at radius 2 is 2.27 bits per heavy atom. The van der Waals surface area contributed by atoms with E-state index in [1.54, 1.807) is 23.1 Å². The van der Waals surface area contributed by atoms with Crippen molar-refractivity contribution in [2.24, 2.45) is 0 Å². The molecular weight excluding hydrogens is 331 g/mol. The molecule has 3 nitrogen and oxygen atoms in total. The van der Waals surface area contributed by atoms with Gasteiger partial charge in [-0.3, -0.25) is 0 Å². The van der Waals surface area contributed by atoms with Crippen LogP contribution in [0.1, 0.15) is 5.56 Å². The second-order valence-electron chi connectivity index (χ2n) is 2.95. The summed E-state index contributed by atoms with van der Waals surface area (Å²) >= 11 is 7.65. The van der Waals surface area contributed by atoms with E-state index < -0.39 is 0 Å². The van der Waals surface area contributed by atoms with E-state index in [0.29, 0.717) is 21.0 Å². The largest absolute Gasteiger partial charge is 0.247 e. The van der Waals surface area contributed by atoms with Gasteiger partial charge in [0.05, 0.1) is 6.54 Å². The van der Waals surface area contributed by atoms with E-state index in [9.17, 15) is 4.39 Å². The lowest BCUT2D eigenvalue weighted by atomic mass is 10.2. The molecule has 0 saturated heterocycles. The maximum absolute atomic E-state index is 13.4. The third-order valence-electron chi connectivity index (χ3n) is 1.86. The monoisotopic (exact) mass is 337 g/mol. The predicted octanol–water partition coefficient (Wildman–Crippen LogP) is 2.72. The van der Waals surface area contributed by atoms with Gasteiger partial charge >= 0.3 is 0 Å². The topological polar surface area (TPSA) is 30.7 Å². The Morgan fingerprint density at radius 1 is 1.47 bits per heavy atom. The van der Waals surface area contributed by atoms with Crippen molar-refractivity contribution in [2.45, 2.75) is 6.54 Å². The van der Waals surface area contributed by atoms with Crippen LogP contribution in [0.3, 0.4) is 0 Å². The molecule has 0 spiro atoms. The highest BCUT2D eigenvalue weighted by Gasteiger charge is 2.04. The normalized spacial score (nSPS) is 10.6. The van der Waals surface area contributed by atoms with Gasteiger partial charge in [-0.15, -0.1) is 5.10 Å². The fourth-order valence-corrected chi connectivity index (χ4v) is 1.73. The van der Waals surface area contributed by atoms with Crippen molar-refractivity contribution in [1.82, 2.24) is 14.8 Å². The van der Waals surface area contributed by atoms with E-state index in [4.69, 9.17) is 11.6 Å². The first-order valence-corrected chi connectivity index (χ1v) is 5.60. The van der Waals surface area contributed by atoms with Crippen molar-refractivity contribution in [3.05, 3.63) is 44.8 Å². The Labute approximate surface area is 104 Å². The average molecular weight is 338 g/mol. The quantitative estimate of drug-likeness (QED) is 0.789. The number of aromatic nitrogens is 3. The number of rotatable bonds is 2. The highest BCUT2D eigenvalue weighted by atomic mass is 127. The van der Waals surface area contributed by atoms with Crippen molar-refractivity contribution < 1.29 is 4.39 Å². The Hall–Kier alpha value is -0.690. The van der Waals surface area contributed by atoms with Gasteiger partial charge in [-0.25, -0.2) is 14.1 Å². The molecule has 0 aliphatic carbocycles. The van der Waals surface area contributed by atoms with Crippen molar-refractivity contribution >= 4 is 34.2 Å². The molecule has 1 heterocycles. The predicted molar refractivity (Wildman–Crippen MR) is 63.3 cm³/mol. The molecule has 78 valence electrons. The SMILES string of the molecule is Fc1cc(Cl)ccc1Cn1cnc(I)n1. The molecule has 1 aromatic heterocycles. The maximum atomic E-state index is 13.4. The van der Waals surface area contributed by atoms with E-state index in [0.717, 1.165) is 0 Å². The second-order valence-corrected chi connectivity index (χ2v) is 4.35. The molecule has 0 N–H and O–H groups in total. The fourth-order valence-electron chi connectivity index (χ4n) is 1.17. The summed E-state index contributed by atoms with van der Waals surface area (Å²) in [6.07, 6.45) is 1.57. The van der Waals surface area contributed by atoms with Gasteiger partial charge in [0.1, 0.15) is 12.1 Å². The number of halogens is 3. The lowest BCUT2D eigenvalue weighted by Crippen LogP contribution is -2.02. The molecule has 0 saturated carbocycles. The highest BCUT2D eigenvalue weighted by Crippen LogP contribution is 2.15. The summed E-state index contributed by atoms with van der Waals surface area (Å²) in [4.78, 5) is 3.95. The van der Waals surface area contributed by atoms with Gasteiger partial charge in [0.25, 0.3) is 0 Å². The molecule has 0 aliphatic heterocycles. The molecule has 2 aromatic rings. The third-order valence-corrected chi connectivity index (χ3v) is 2.59. The van der Waals surface area contributed by atoms with Crippen molar-refractivity contribution in [3.8, 4) is 0 Å². The highest BCUT2D eigenvalue weighted by molar-refractivity contribution is 14.1. The van der Waals surface area contributed by atoms with Crippen LogP contribution in [0.25, 0.3) is 0 Å².